The molecule has 0 fully saturated rings. The number of halogens is 2. The number of fused-ring (bicyclic) bond motifs is 1. The second kappa shape index (κ2) is 7.79. The van der Waals surface area contributed by atoms with E-state index in [4.69, 9.17) is 23.2 Å². The van der Waals surface area contributed by atoms with Gasteiger partial charge in [0.25, 0.3) is 5.69 Å². The van der Waals surface area contributed by atoms with Gasteiger partial charge in [0, 0.05) is 17.2 Å². The van der Waals surface area contributed by atoms with Gasteiger partial charge in [0.05, 0.1) is 31.1 Å². The molecule has 0 aliphatic carbocycles. The van der Waals surface area contributed by atoms with Gasteiger partial charge in [-0.3, -0.25) is 14.9 Å². The molecule has 0 aliphatic rings. The molecule has 134 valence electrons. The molecule has 0 saturated heterocycles. The van der Waals surface area contributed by atoms with Crippen molar-refractivity contribution in [1.82, 2.24) is 4.98 Å². The SMILES string of the molecule is CC(Sc1nc2cc(Cl)ccc2s1)C(=O)Nc1ccc([N+](=O)[O-])cc1Cl. The number of nitrogens with zero attached hydrogens (tertiary/aromatic N) is 2. The Kier molecular flexibility index (Phi) is 5.67. The van der Waals surface area contributed by atoms with Gasteiger partial charge < -0.3 is 5.32 Å². The number of aromatic nitrogens is 1. The Balaban J connectivity index is 1.70. The average molecular weight is 428 g/mol. The van der Waals surface area contributed by atoms with Gasteiger partial charge in [-0.2, -0.15) is 0 Å². The summed E-state index contributed by atoms with van der Waals surface area (Å²) in [6.07, 6.45) is 0. The minimum absolute atomic E-state index is 0.111. The molecule has 0 spiro atoms. The minimum atomic E-state index is -0.546. The number of thioether (sulfide) groups is 1. The van der Waals surface area contributed by atoms with Crippen LogP contribution in [0.1, 0.15) is 6.92 Å². The van der Waals surface area contributed by atoms with E-state index in [1.807, 2.05) is 6.07 Å². The van der Waals surface area contributed by atoms with Gasteiger partial charge in [0.15, 0.2) is 4.34 Å². The van der Waals surface area contributed by atoms with E-state index in [0.29, 0.717) is 10.7 Å². The third-order valence-electron chi connectivity index (χ3n) is 3.40. The van der Waals surface area contributed by atoms with Crippen LogP contribution >= 0.6 is 46.3 Å². The van der Waals surface area contributed by atoms with Gasteiger partial charge in [-0.15, -0.1) is 11.3 Å². The van der Waals surface area contributed by atoms with Crippen LogP contribution in [0.5, 0.6) is 0 Å². The van der Waals surface area contributed by atoms with Crippen molar-refractivity contribution in [2.45, 2.75) is 16.5 Å². The maximum atomic E-state index is 12.4. The van der Waals surface area contributed by atoms with Crippen molar-refractivity contribution >= 4 is 73.8 Å². The summed E-state index contributed by atoms with van der Waals surface area (Å²) in [5.41, 5.74) is 0.977. The second-order valence-corrected chi connectivity index (χ2v) is 8.72. The number of nitro groups is 1. The normalized spacial score (nSPS) is 12.1. The van der Waals surface area contributed by atoms with Crippen LogP contribution in [0, 0.1) is 10.1 Å². The number of nitro benzene ring substituents is 1. The summed E-state index contributed by atoms with van der Waals surface area (Å²) in [6.45, 7) is 1.75. The summed E-state index contributed by atoms with van der Waals surface area (Å²) in [5.74, 6) is -0.275. The van der Waals surface area contributed by atoms with Crippen LogP contribution in [0.2, 0.25) is 10.0 Å². The molecule has 26 heavy (non-hydrogen) atoms. The highest BCUT2D eigenvalue weighted by atomic mass is 35.5. The molecular formula is C16H11Cl2N3O3S2. The second-order valence-electron chi connectivity index (χ2n) is 5.26. The van der Waals surface area contributed by atoms with Gasteiger partial charge in [0.1, 0.15) is 0 Å². The molecule has 0 aliphatic heterocycles. The van der Waals surface area contributed by atoms with Crippen LogP contribution < -0.4 is 5.32 Å². The maximum Gasteiger partial charge on any atom is 0.271 e. The molecule has 1 aromatic heterocycles. The highest BCUT2D eigenvalue weighted by Gasteiger charge is 2.19. The van der Waals surface area contributed by atoms with Crippen LogP contribution in [0.3, 0.4) is 0 Å². The van der Waals surface area contributed by atoms with Crippen molar-refractivity contribution in [2.75, 3.05) is 5.32 Å². The number of amides is 1. The van der Waals surface area contributed by atoms with Crippen molar-refractivity contribution in [3.8, 4) is 0 Å². The van der Waals surface area contributed by atoms with Crippen LogP contribution in [0.15, 0.2) is 40.7 Å². The molecule has 10 heteroatoms. The lowest BCUT2D eigenvalue weighted by molar-refractivity contribution is -0.384. The molecular weight excluding hydrogens is 417 g/mol. The van der Waals surface area contributed by atoms with E-state index >= 15 is 0 Å². The Bertz CT molecular complexity index is 1010. The summed E-state index contributed by atoms with van der Waals surface area (Å²) in [4.78, 5) is 27.0. The van der Waals surface area contributed by atoms with Gasteiger partial charge in [0.2, 0.25) is 5.91 Å². The van der Waals surface area contributed by atoms with Gasteiger partial charge in [-0.05, 0) is 31.2 Å². The third kappa shape index (κ3) is 4.27. The number of benzene rings is 2. The Morgan fingerprint density at radius 2 is 2.08 bits per heavy atom. The quantitative estimate of drug-likeness (QED) is 0.323. The molecule has 1 atom stereocenters. The number of nitrogens with one attached hydrogen (secondary N) is 1. The van der Waals surface area contributed by atoms with Crippen molar-refractivity contribution in [2.24, 2.45) is 0 Å². The van der Waals surface area contributed by atoms with Crippen molar-refractivity contribution < 1.29 is 9.72 Å². The molecule has 2 aromatic carbocycles. The predicted molar refractivity (Wildman–Crippen MR) is 107 cm³/mol. The molecule has 6 nitrogen and oxygen atoms in total. The fourth-order valence-electron chi connectivity index (χ4n) is 2.09. The molecule has 1 unspecified atom stereocenters. The Hall–Kier alpha value is -1.87. The molecule has 0 radical (unpaired) electrons. The molecule has 3 aromatic rings. The maximum absolute atomic E-state index is 12.4. The topological polar surface area (TPSA) is 85.1 Å². The molecule has 1 heterocycles. The Morgan fingerprint density at radius 1 is 1.31 bits per heavy atom. The standard InChI is InChI=1S/C16H11Cl2N3O3S2/c1-8(25-16-20-13-6-9(17)2-5-14(13)26-16)15(22)19-12-4-3-10(21(23)24)7-11(12)18/h2-8H,1H3,(H,19,22). The van der Waals surface area contributed by atoms with Crippen molar-refractivity contribution in [3.63, 3.8) is 0 Å². The summed E-state index contributed by atoms with van der Waals surface area (Å²) in [5, 5.41) is 13.7. The van der Waals surface area contributed by atoms with Crippen LogP contribution in [0.25, 0.3) is 10.2 Å². The molecule has 0 bridgehead atoms. The number of carbonyl (C=O) groups excluding carboxylic acids is 1. The average Bonchev–Trinajstić information content (AvgIpc) is 2.97. The lowest BCUT2D eigenvalue weighted by atomic mass is 10.2. The predicted octanol–water partition coefficient (Wildman–Crippen LogP) is 5.63. The number of rotatable bonds is 5. The lowest BCUT2D eigenvalue weighted by Crippen LogP contribution is -2.22. The molecule has 3 rings (SSSR count). The first-order valence-electron chi connectivity index (χ1n) is 7.31. The van der Waals surface area contributed by atoms with E-state index < -0.39 is 10.2 Å². The van der Waals surface area contributed by atoms with Gasteiger partial charge in [-0.25, -0.2) is 4.98 Å². The minimum Gasteiger partial charge on any atom is -0.324 e. The van der Waals surface area contributed by atoms with E-state index in [9.17, 15) is 14.9 Å². The summed E-state index contributed by atoms with van der Waals surface area (Å²) < 4.78 is 1.74. The molecule has 1 amide bonds. The lowest BCUT2D eigenvalue weighted by Gasteiger charge is -2.11. The van der Waals surface area contributed by atoms with Crippen molar-refractivity contribution in [1.29, 1.82) is 0 Å². The Labute approximate surface area is 166 Å². The van der Waals surface area contributed by atoms with Crippen LogP contribution in [0.4, 0.5) is 11.4 Å². The zero-order valence-corrected chi connectivity index (χ0v) is 16.4. The summed E-state index contributed by atoms with van der Waals surface area (Å²) in [7, 11) is 0. The number of thiazole rings is 1. The first-order valence-corrected chi connectivity index (χ1v) is 9.76. The number of non-ortho nitro benzene ring substituents is 1. The van der Waals surface area contributed by atoms with Gasteiger partial charge >= 0.3 is 0 Å². The monoisotopic (exact) mass is 427 g/mol. The van der Waals surface area contributed by atoms with Crippen LogP contribution in [-0.2, 0) is 4.79 Å². The highest BCUT2D eigenvalue weighted by Crippen LogP contribution is 2.34. The zero-order valence-electron chi connectivity index (χ0n) is 13.2. The van der Waals surface area contributed by atoms with E-state index in [1.165, 1.54) is 41.3 Å². The van der Waals surface area contributed by atoms with Gasteiger partial charge in [-0.1, -0.05) is 35.0 Å². The van der Waals surface area contributed by atoms with E-state index in [-0.39, 0.29) is 16.6 Å². The van der Waals surface area contributed by atoms with Crippen molar-refractivity contribution in [3.05, 3.63) is 56.6 Å². The summed E-state index contributed by atoms with van der Waals surface area (Å²) in [6, 6.07) is 9.36. The highest BCUT2D eigenvalue weighted by molar-refractivity contribution is 8.02. The third-order valence-corrected chi connectivity index (χ3v) is 6.18. The smallest absolute Gasteiger partial charge is 0.271 e. The van der Waals surface area contributed by atoms with Crippen LogP contribution in [-0.4, -0.2) is 21.1 Å². The number of hydrogen-bond acceptors (Lipinski definition) is 6. The molecule has 1 N–H and O–H groups in total. The number of carbonyl (C=O) groups is 1. The first-order chi connectivity index (χ1) is 12.3. The van der Waals surface area contributed by atoms with E-state index in [1.54, 1.807) is 19.1 Å². The van der Waals surface area contributed by atoms with E-state index in [0.717, 1.165) is 14.6 Å². The fraction of sp³-hybridized carbons (Fsp3) is 0.125. The first kappa shape index (κ1) is 18.9. The number of anilines is 1. The largest absolute Gasteiger partial charge is 0.324 e. The molecule has 0 saturated carbocycles. The Morgan fingerprint density at radius 3 is 2.77 bits per heavy atom. The fourth-order valence-corrected chi connectivity index (χ4v) is 4.67. The number of hydrogen-bond donors (Lipinski definition) is 1. The summed E-state index contributed by atoms with van der Waals surface area (Å²) >= 11 is 14.8. The zero-order chi connectivity index (χ0) is 18.8. The van der Waals surface area contributed by atoms with E-state index in [2.05, 4.69) is 10.3 Å².